The van der Waals surface area contributed by atoms with Gasteiger partial charge in [-0.05, 0) is 36.0 Å². The van der Waals surface area contributed by atoms with Crippen molar-refractivity contribution in [3.05, 3.63) is 92.1 Å². The molecule has 3 N–H and O–H groups in total. The Kier molecular flexibility index (Phi) is 9.43. The number of ether oxygens (including phenoxy) is 1. The monoisotopic (exact) mass is 478 g/mol. The molecular weight excluding hydrogens is 444 g/mol. The second-order valence-corrected chi connectivity index (χ2v) is 8.55. The zero-order valence-electron chi connectivity index (χ0n) is 20.5. The second-order valence-electron chi connectivity index (χ2n) is 8.55. The van der Waals surface area contributed by atoms with E-state index in [1.54, 1.807) is 7.11 Å². The highest BCUT2D eigenvalue weighted by Crippen LogP contribution is 2.20. The summed E-state index contributed by atoms with van der Waals surface area (Å²) in [5.74, 6) is -0.312. The maximum Gasteiger partial charge on any atom is 0.330 e. The van der Waals surface area contributed by atoms with Crippen LogP contribution in [0.2, 0.25) is 0 Å². The van der Waals surface area contributed by atoms with Gasteiger partial charge in [0.25, 0.3) is 5.56 Å². The molecular formula is C27H34N4O4. The van der Waals surface area contributed by atoms with Gasteiger partial charge in [0, 0.05) is 20.3 Å². The first-order chi connectivity index (χ1) is 16.9. The van der Waals surface area contributed by atoms with Crippen molar-refractivity contribution in [3.8, 4) is 0 Å². The molecule has 0 radical (unpaired) electrons. The molecule has 0 saturated heterocycles. The van der Waals surface area contributed by atoms with Crippen molar-refractivity contribution in [3.63, 3.8) is 0 Å². The molecule has 3 aromatic rings. The summed E-state index contributed by atoms with van der Waals surface area (Å²) in [6, 6.07) is 17.3. The number of methoxy groups -OCH3 is 1. The van der Waals surface area contributed by atoms with Crippen LogP contribution in [0.4, 0.5) is 11.5 Å². The van der Waals surface area contributed by atoms with Crippen LogP contribution in [0, 0.1) is 0 Å². The lowest BCUT2D eigenvalue weighted by Gasteiger charge is -2.24. The van der Waals surface area contributed by atoms with E-state index >= 15 is 0 Å². The van der Waals surface area contributed by atoms with Crippen molar-refractivity contribution in [1.29, 1.82) is 0 Å². The summed E-state index contributed by atoms with van der Waals surface area (Å²) in [5.41, 5.74) is 7.96. The molecule has 0 unspecified atom stereocenters. The van der Waals surface area contributed by atoms with Crippen LogP contribution < -0.4 is 21.9 Å². The second kappa shape index (κ2) is 12.7. The zero-order chi connectivity index (χ0) is 25.2. The Hall–Kier alpha value is -3.65. The summed E-state index contributed by atoms with van der Waals surface area (Å²) < 4.78 is 6.43. The molecule has 8 heteroatoms. The number of carbonyl (C=O) groups excluding carboxylic acids is 1. The predicted molar refractivity (Wildman–Crippen MR) is 139 cm³/mol. The fraction of sp³-hybridized carbons (Fsp3) is 0.370. The van der Waals surface area contributed by atoms with Crippen LogP contribution in [0.1, 0.15) is 42.9 Å². The average Bonchev–Trinajstić information content (AvgIpc) is 2.85. The molecule has 0 fully saturated rings. The first kappa shape index (κ1) is 26.0. The number of amides is 1. The third-order valence-corrected chi connectivity index (χ3v) is 5.90. The number of rotatable bonds is 12. The van der Waals surface area contributed by atoms with E-state index in [2.05, 4.69) is 11.9 Å². The number of aromatic amines is 1. The minimum absolute atomic E-state index is 0.0128. The van der Waals surface area contributed by atoms with E-state index < -0.39 is 11.2 Å². The van der Waals surface area contributed by atoms with E-state index in [0.717, 1.165) is 30.4 Å². The molecule has 0 aliphatic carbocycles. The van der Waals surface area contributed by atoms with Gasteiger partial charge in [-0.15, -0.1) is 0 Å². The van der Waals surface area contributed by atoms with Gasteiger partial charge in [-0.3, -0.25) is 19.1 Å². The number of nitrogens with one attached hydrogen (secondary N) is 1. The predicted octanol–water partition coefficient (Wildman–Crippen LogP) is 3.12. The van der Waals surface area contributed by atoms with E-state index in [1.165, 1.54) is 15.0 Å². The number of aromatic nitrogens is 2. The van der Waals surface area contributed by atoms with Crippen LogP contribution in [0.3, 0.4) is 0 Å². The quantitative estimate of drug-likeness (QED) is 0.389. The highest BCUT2D eigenvalue weighted by atomic mass is 16.5. The van der Waals surface area contributed by atoms with Crippen molar-refractivity contribution >= 4 is 17.4 Å². The van der Waals surface area contributed by atoms with E-state index in [0.29, 0.717) is 13.0 Å². The van der Waals surface area contributed by atoms with E-state index in [1.807, 2.05) is 54.6 Å². The number of hydrogen-bond donors (Lipinski definition) is 2. The van der Waals surface area contributed by atoms with Crippen LogP contribution in [0.15, 0.2) is 64.2 Å². The van der Waals surface area contributed by atoms with Crippen molar-refractivity contribution in [2.24, 2.45) is 0 Å². The molecule has 0 atom stereocenters. The lowest BCUT2D eigenvalue weighted by atomic mass is 10.0. The minimum Gasteiger partial charge on any atom is -0.385 e. The lowest BCUT2D eigenvalue weighted by molar-refractivity contribution is -0.118. The van der Waals surface area contributed by atoms with Gasteiger partial charge in [-0.1, -0.05) is 67.9 Å². The van der Waals surface area contributed by atoms with E-state index in [9.17, 15) is 14.4 Å². The van der Waals surface area contributed by atoms with Gasteiger partial charge in [0.1, 0.15) is 5.82 Å². The largest absolute Gasteiger partial charge is 0.385 e. The Morgan fingerprint density at radius 1 is 1.00 bits per heavy atom. The van der Waals surface area contributed by atoms with Gasteiger partial charge in [0.15, 0.2) is 5.69 Å². The van der Waals surface area contributed by atoms with Crippen molar-refractivity contribution in [2.45, 2.75) is 45.6 Å². The third kappa shape index (κ3) is 6.93. The highest BCUT2D eigenvalue weighted by molar-refractivity contribution is 5.96. The maximum absolute atomic E-state index is 13.4. The molecule has 0 bridgehead atoms. The van der Waals surface area contributed by atoms with Crippen molar-refractivity contribution < 1.29 is 9.53 Å². The molecule has 0 spiro atoms. The van der Waals surface area contributed by atoms with Gasteiger partial charge in [0.05, 0.1) is 13.0 Å². The van der Waals surface area contributed by atoms with E-state index in [4.69, 9.17) is 10.5 Å². The summed E-state index contributed by atoms with van der Waals surface area (Å²) in [7, 11) is 1.58. The highest BCUT2D eigenvalue weighted by Gasteiger charge is 2.24. The molecule has 1 amide bonds. The first-order valence-electron chi connectivity index (χ1n) is 12.0. The Morgan fingerprint density at radius 3 is 2.34 bits per heavy atom. The molecule has 1 aromatic heterocycles. The van der Waals surface area contributed by atoms with Gasteiger partial charge in [-0.2, -0.15) is 0 Å². The molecule has 35 heavy (non-hydrogen) atoms. The van der Waals surface area contributed by atoms with Crippen LogP contribution in [0.5, 0.6) is 0 Å². The first-order valence-corrected chi connectivity index (χ1v) is 12.0. The van der Waals surface area contributed by atoms with Gasteiger partial charge in [-0.25, -0.2) is 4.79 Å². The van der Waals surface area contributed by atoms with Crippen LogP contribution in [-0.2, 0) is 28.9 Å². The zero-order valence-corrected chi connectivity index (χ0v) is 20.5. The number of aryl methyl sites for hydroxylation is 1. The van der Waals surface area contributed by atoms with Gasteiger partial charge < -0.3 is 15.4 Å². The molecule has 2 aromatic carbocycles. The molecule has 1 heterocycles. The Morgan fingerprint density at radius 2 is 1.69 bits per heavy atom. The number of H-pyrrole nitrogens is 1. The number of nitrogens with zero attached hydrogens (tertiary/aromatic N) is 2. The van der Waals surface area contributed by atoms with Gasteiger partial charge in [0.2, 0.25) is 5.91 Å². The van der Waals surface area contributed by atoms with Crippen molar-refractivity contribution in [2.75, 3.05) is 30.9 Å². The number of nitrogens with two attached hydrogens (primary N) is 1. The molecule has 0 saturated carbocycles. The normalized spacial score (nSPS) is 10.9. The Bertz CT molecular complexity index is 1220. The lowest BCUT2D eigenvalue weighted by Crippen LogP contribution is -2.42. The standard InChI is InChI=1S/C27H34N4O4/c1-3-4-9-20-12-14-21(15-13-20)18-23(32)30(16-8-17-35-2)24-25(28)31(27(34)29-26(24)33)19-22-10-6-5-7-11-22/h5-7,10-15H,3-4,8-9,16-19,28H2,1-2H3,(H,29,33,34). The summed E-state index contributed by atoms with van der Waals surface area (Å²) in [4.78, 5) is 42.6. The number of anilines is 2. The summed E-state index contributed by atoms with van der Waals surface area (Å²) in [6.45, 7) is 2.98. The Balaban J connectivity index is 1.92. The van der Waals surface area contributed by atoms with Crippen LogP contribution in [0.25, 0.3) is 0 Å². The summed E-state index contributed by atoms with van der Waals surface area (Å²) in [5, 5.41) is 0. The molecule has 186 valence electrons. The number of unbranched alkanes of at least 4 members (excludes halogenated alkanes) is 1. The summed E-state index contributed by atoms with van der Waals surface area (Å²) >= 11 is 0. The number of nitrogen functional groups attached to an aromatic ring is 1. The maximum atomic E-state index is 13.4. The van der Waals surface area contributed by atoms with Gasteiger partial charge >= 0.3 is 5.69 Å². The smallest absolute Gasteiger partial charge is 0.330 e. The van der Waals surface area contributed by atoms with Crippen LogP contribution >= 0.6 is 0 Å². The topological polar surface area (TPSA) is 110 Å². The molecule has 0 aliphatic heterocycles. The number of benzene rings is 2. The SMILES string of the molecule is CCCCc1ccc(CC(=O)N(CCCOC)c2c(N)n(Cc3ccccc3)c(=O)[nH]c2=O)cc1. The third-order valence-electron chi connectivity index (χ3n) is 5.90. The molecule has 8 nitrogen and oxygen atoms in total. The fourth-order valence-electron chi connectivity index (χ4n) is 3.96. The van der Waals surface area contributed by atoms with E-state index in [-0.39, 0.29) is 36.9 Å². The molecule has 3 rings (SSSR count). The average molecular weight is 479 g/mol. The van der Waals surface area contributed by atoms with Crippen LogP contribution in [-0.4, -0.2) is 35.7 Å². The number of hydrogen-bond acceptors (Lipinski definition) is 5. The molecule has 0 aliphatic rings. The summed E-state index contributed by atoms with van der Waals surface area (Å²) in [6.07, 6.45) is 3.86. The fourth-order valence-corrected chi connectivity index (χ4v) is 3.96. The Labute approximate surface area is 205 Å². The number of carbonyl (C=O) groups is 1. The van der Waals surface area contributed by atoms with Crippen molar-refractivity contribution in [1.82, 2.24) is 9.55 Å². The minimum atomic E-state index is -0.683.